The average molecular weight is 267 g/mol. The minimum atomic E-state index is -0.170. The molecule has 2 aromatic heterocycles. The van der Waals surface area contributed by atoms with Crippen molar-refractivity contribution in [1.29, 1.82) is 0 Å². The number of carbonyl (C=O) groups is 1. The molecule has 2 heterocycles. The van der Waals surface area contributed by atoms with Crippen molar-refractivity contribution >= 4 is 5.78 Å². The molecule has 1 aromatic carbocycles. The van der Waals surface area contributed by atoms with E-state index in [1.165, 1.54) is 0 Å². The minimum absolute atomic E-state index is 0.170. The van der Waals surface area contributed by atoms with E-state index in [9.17, 15) is 4.79 Å². The maximum atomic E-state index is 12.4. The third-order valence-corrected chi connectivity index (χ3v) is 3.13. The SMILES string of the molecule is Cc1coc(C)c1C(=O)c1cn(-c2ccccc2)nn1. The number of aryl methyl sites for hydroxylation is 2. The number of hydrogen-bond acceptors (Lipinski definition) is 4. The van der Waals surface area contributed by atoms with Crippen molar-refractivity contribution < 1.29 is 9.21 Å². The van der Waals surface area contributed by atoms with Gasteiger partial charge in [0.25, 0.3) is 0 Å². The van der Waals surface area contributed by atoms with Crippen LogP contribution in [0.25, 0.3) is 5.69 Å². The van der Waals surface area contributed by atoms with Gasteiger partial charge in [-0.2, -0.15) is 0 Å². The van der Waals surface area contributed by atoms with Crippen LogP contribution in [0.1, 0.15) is 27.4 Å². The molecule has 0 amide bonds. The molecule has 3 rings (SSSR count). The molecule has 0 saturated carbocycles. The summed E-state index contributed by atoms with van der Waals surface area (Å²) in [6, 6.07) is 9.53. The standard InChI is InChI=1S/C15H13N3O2/c1-10-9-20-11(2)14(10)15(19)13-8-18(17-16-13)12-6-4-3-5-7-12/h3-9H,1-2H3. The van der Waals surface area contributed by atoms with Gasteiger partial charge < -0.3 is 4.42 Å². The molecule has 3 aromatic rings. The number of furan rings is 1. The van der Waals surface area contributed by atoms with Crippen molar-refractivity contribution in [3.8, 4) is 5.69 Å². The highest BCUT2D eigenvalue weighted by atomic mass is 16.3. The normalized spacial score (nSPS) is 10.7. The molecule has 0 radical (unpaired) electrons. The Hall–Kier alpha value is -2.69. The molecule has 0 bridgehead atoms. The first-order valence-electron chi connectivity index (χ1n) is 6.24. The Morgan fingerprint density at radius 2 is 1.95 bits per heavy atom. The molecule has 5 heteroatoms. The number of para-hydroxylation sites is 1. The molecule has 0 unspecified atom stereocenters. The maximum Gasteiger partial charge on any atom is 0.218 e. The second kappa shape index (κ2) is 4.77. The van der Waals surface area contributed by atoms with Crippen LogP contribution in [0.4, 0.5) is 0 Å². The highest BCUT2D eigenvalue weighted by Crippen LogP contribution is 2.19. The largest absolute Gasteiger partial charge is 0.469 e. The van der Waals surface area contributed by atoms with E-state index in [0.29, 0.717) is 17.0 Å². The highest BCUT2D eigenvalue weighted by Gasteiger charge is 2.20. The lowest BCUT2D eigenvalue weighted by Crippen LogP contribution is -2.04. The van der Waals surface area contributed by atoms with E-state index in [1.54, 1.807) is 24.1 Å². The summed E-state index contributed by atoms with van der Waals surface area (Å²) >= 11 is 0. The second-order valence-electron chi connectivity index (χ2n) is 4.56. The molecule has 0 saturated heterocycles. The van der Waals surface area contributed by atoms with Crippen LogP contribution in [0.5, 0.6) is 0 Å². The van der Waals surface area contributed by atoms with E-state index in [0.717, 1.165) is 11.3 Å². The summed E-state index contributed by atoms with van der Waals surface area (Å²) in [5.74, 6) is 0.428. The van der Waals surface area contributed by atoms with Crippen molar-refractivity contribution in [2.75, 3.05) is 0 Å². The maximum absolute atomic E-state index is 12.4. The summed E-state index contributed by atoms with van der Waals surface area (Å²) in [5.41, 5.74) is 2.54. The van der Waals surface area contributed by atoms with Gasteiger partial charge in [-0.3, -0.25) is 4.79 Å². The summed E-state index contributed by atoms with van der Waals surface area (Å²) in [4.78, 5) is 12.4. The molecule has 0 aliphatic heterocycles. The van der Waals surface area contributed by atoms with Crippen LogP contribution in [0.3, 0.4) is 0 Å². The number of aromatic nitrogens is 3. The zero-order chi connectivity index (χ0) is 14.1. The van der Waals surface area contributed by atoms with Crippen molar-refractivity contribution in [2.45, 2.75) is 13.8 Å². The third-order valence-electron chi connectivity index (χ3n) is 3.13. The number of benzene rings is 1. The smallest absolute Gasteiger partial charge is 0.218 e. The summed E-state index contributed by atoms with van der Waals surface area (Å²) < 4.78 is 6.83. The third kappa shape index (κ3) is 2.03. The molecule has 0 atom stereocenters. The van der Waals surface area contributed by atoms with Gasteiger partial charge >= 0.3 is 0 Å². The minimum Gasteiger partial charge on any atom is -0.469 e. The fourth-order valence-corrected chi connectivity index (χ4v) is 2.11. The van der Waals surface area contributed by atoms with Gasteiger partial charge in [0.2, 0.25) is 5.78 Å². The van der Waals surface area contributed by atoms with Gasteiger partial charge in [0.05, 0.1) is 23.7 Å². The van der Waals surface area contributed by atoms with Gasteiger partial charge in [0.15, 0.2) is 5.69 Å². The van der Waals surface area contributed by atoms with Crippen molar-refractivity contribution in [1.82, 2.24) is 15.0 Å². The predicted octanol–water partition coefficient (Wildman–Crippen LogP) is 2.71. The lowest BCUT2D eigenvalue weighted by atomic mass is 10.1. The Balaban J connectivity index is 1.97. The molecule has 20 heavy (non-hydrogen) atoms. The van der Waals surface area contributed by atoms with Crippen LogP contribution < -0.4 is 0 Å². The van der Waals surface area contributed by atoms with E-state index in [4.69, 9.17) is 4.42 Å². The lowest BCUT2D eigenvalue weighted by Gasteiger charge is -1.98. The number of nitrogens with zero attached hydrogens (tertiary/aromatic N) is 3. The van der Waals surface area contributed by atoms with E-state index in [-0.39, 0.29) is 5.78 Å². The van der Waals surface area contributed by atoms with Gasteiger partial charge in [0.1, 0.15) is 5.76 Å². The zero-order valence-corrected chi connectivity index (χ0v) is 11.2. The summed E-state index contributed by atoms with van der Waals surface area (Å²) in [7, 11) is 0. The molecule has 5 nitrogen and oxygen atoms in total. The monoisotopic (exact) mass is 267 g/mol. The Labute approximate surface area is 115 Å². The summed E-state index contributed by atoms with van der Waals surface area (Å²) in [6.07, 6.45) is 3.20. The fourth-order valence-electron chi connectivity index (χ4n) is 2.11. The van der Waals surface area contributed by atoms with Crippen LogP contribution in [-0.4, -0.2) is 20.8 Å². The van der Waals surface area contributed by atoms with Crippen LogP contribution in [-0.2, 0) is 0 Å². The van der Waals surface area contributed by atoms with Gasteiger partial charge in [-0.25, -0.2) is 4.68 Å². The van der Waals surface area contributed by atoms with Gasteiger partial charge in [0, 0.05) is 0 Å². The van der Waals surface area contributed by atoms with E-state index >= 15 is 0 Å². The molecular weight excluding hydrogens is 254 g/mol. The van der Waals surface area contributed by atoms with Gasteiger partial charge in [-0.1, -0.05) is 23.4 Å². The molecule has 0 spiro atoms. The second-order valence-corrected chi connectivity index (χ2v) is 4.56. The summed E-state index contributed by atoms with van der Waals surface area (Å²) in [5, 5.41) is 7.94. The highest BCUT2D eigenvalue weighted by molar-refractivity contribution is 6.09. The van der Waals surface area contributed by atoms with Crippen LogP contribution in [0.2, 0.25) is 0 Å². The topological polar surface area (TPSA) is 60.9 Å². The van der Waals surface area contributed by atoms with E-state index in [1.807, 2.05) is 37.3 Å². The van der Waals surface area contributed by atoms with Crippen molar-refractivity contribution in [3.63, 3.8) is 0 Å². The predicted molar refractivity (Wildman–Crippen MR) is 73.0 cm³/mol. The number of rotatable bonds is 3. The first kappa shape index (κ1) is 12.3. The molecule has 0 aliphatic rings. The number of carbonyl (C=O) groups excluding carboxylic acids is 1. The van der Waals surface area contributed by atoms with Crippen LogP contribution >= 0.6 is 0 Å². The molecule has 0 N–H and O–H groups in total. The van der Waals surface area contributed by atoms with E-state index < -0.39 is 0 Å². The molecule has 100 valence electrons. The fraction of sp³-hybridized carbons (Fsp3) is 0.133. The lowest BCUT2D eigenvalue weighted by molar-refractivity contribution is 0.103. The average Bonchev–Trinajstić information content (AvgIpc) is 3.07. The van der Waals surface area contributed by atoms with Crippen LogP contribution in [0.15, 0.2) is 47.2 Å². The Kier molecular flexibility index (Phi) is 2.95. The Morgan fingerprint density at radius 3 is 2.60 bits per heavy atom. The molecule has 0 aliphatic carbocycles. The van der Waals surface area contributed by atoms with Crippen molar-refractivity contribution in [3.05, 3.63) is 65.4 Å². The van der Waals surface area contributed by atoms with E-state index in [2.05, 4.69) is 10.3 Å². The van der Waals surface area contributed by atoms with Gasteiger partial charge in [-0.05, 0) is 31.5 Å². The van der Waals surface area contributed by atoms with Crippen molar-refractivity contribution in [2.24, 2.45) is 0 Å². The first-order chi connectivity index (χ1) is 9.66. The zero-order valence-electron chi connectivity index (χ0n) is 11.2. The number of hydrogen-bond donors (Lipinski definition) is 0. The van der Waals surface area contributed by atoms with Crippen LogP contribution in [0, 0.1) is 13.8 Å². The Bertz CT molecular complexity index is 737. The Morgan fingerprint density at radius 1 is 1.20 bits per heavy atom. The first-order valence-corrected chi connectivity index (χ1v) is 6.24. The quantitative estimate of drug-likeness (QED) is 0.684. The van der Waals surface area contributed by atoms with Gasteiger partial charge in [-0.15, -0.1) is 5.10 Å². The molecular formula is C15H13N3O2. The number of ketones is 1. The molecule has 0 fully saturated rings. The summed E-state index contributed by atoms with van der Waals surface area (Å²) in [6.45, 7) is 3.60.